The van der Waals surface area contributed by atoms with Crippen molar-refractivity contribution in [1.29, 1.82) is 0 Å². The van der Waals surface area contributed by atoms with Crippen LogP contribution in [0.3, 0.4) is 0 Å². The molecule has 1 aromatic rings. The molecular formula is C25H34. The van der Waals surface area contributed by atoms with Crippen molar-refractivity contribution in [2.24, 2.45) is 29.1 Å². The van der Waals surface area contributed by atoms with Crippen LogP contribution in [-0.2, 0) is 0 Å². The molecule has 0 aromatic heterocycles. The van der Waals surface area contributed by atoms with Crippen LogP contribution in [-0.4, -0.2) is 0 Å². The fraction of sp³-hybridized carbons (Fsp3) is 0.680. The first-order chi connectivity index (χ1) is 12.2. The van der Waals surface area contributed by atoms with Crippen LogP contribution < -0.4 is 0 Å². The molecule has 0 unspecified atom stereocenters. The van der Waals surface area contributed by atoms with Gasteiger partial charge in [0, 0.05) is 0 Å². The Labute approximate surface area is 154 Å². The van der Waals surface area contributed by atoms with Crippen LogP contribution in [0, 0.1) is 36.0 Å². The second-order valence-corrected chi connectivity index (χ2v) is 9.98. The number of hydrogen-bond acceptors (Lipinski definition) is 0. The summed E-state index contributed by atoms with van der Waals surface area (Å²) in [6.45, 7) is 4.87. The average molecular weight is 335 g/mol. The number of rotatable bonds is 1. The van der Waals surface area contributed by atoms with Crippen molar-refractivity contribution in [1.82, 2.24) is 0 Å². The molecular weight excluding hydrogens is 300 g/mol. The molecule has 0 nitrogen and oxygen atoms in total. The predicted octanol–water partition coefficient (Wildman–Crippen LogP) is 7.04. The summed E-state index contributed by atoms with van der Waals surface area (Å²) in [5.41, 5.74) is 5.52. The molecule has 4 aliphatic carbocycles. The molecule has 0 heteroatoms. The minimum atomic E-state index is 0.608. The summed E-state index contributed by atoms with van der Waals surface area (Å²) in [7, 11) is 0. The zero-order valence-corrected chi connectivity index (χ0v) is 16.1. The highest BCUT2D eigenvalue weighted by Gasteiger charge is 2.55. The lowest BCUT2D eigenvalue weighted by atomic mass is 9.49. The second kappa shape index (κ2) is 6.00. The quantitative estimate of drug-likeness (QED) is 0.483. The molecule has 134 valence electrons. The first-order valence-corrected chi connectivity index (χ1v) is 10.9. The molecule has 0 spiro atoms. The lowest BCUT2D eigenvalue weighted by Gasteiger charge is -2.56. The highest BCUT2D eigenvalue weighted by Crippen LogP contribution is 2.65. The van der Waals surface area contributed by atoms with E-state index in [2.05, 4.69) is 44.2 Å². The number of benzene rings is 1. The third kappa shape index (κ3) is 2.54. The van der Waals surface area contributed by atoms with E-state index in [9.17, 15) is 0 Å². The van der Waals surface area contributed by atoms with Crippen LogP contribution in [0.1, 0.15) is 81.8 Å². The maximum atomic E-state index is 2.71. The average Bonchev–Trinajstić information content (AvgIpc) is 3.03. The summed E-state index contributed by atoms with van der Waals surface area (Å²) in [5.74, 6) is 4.60. The summed E-state index contributed by atoms with van der Waals surface area (Å²) in [4.78, 5) is 0. The van der Waals surface area contributed by atoms with Crippen LogP contribution in [0.4, 0.5) is 0 Å². The largest absolute Gasteiger partial charge is 0.0847 e. The van der Waals surface area contributed by atoms with Gasteiger partial charge in [0.05, 0.1) is 0 Å². The standard InChI is InChI=1S/C25H34/c1-17-9-11-19(12-10-17)22-16-25(2)15-5-8-23(25)21-14-13-18-6-3-4-7-20(18)24(21)22/h9-13,20-24H,3-8,14-16H2,1-2H3/t20-,21-,22+,23-,24+,25-/m0/s1. The third-order valence-electron chi connectivity index (χ3n) is 8.65. The van der Waals surface area contributed by atoms with Crippen LogP contribution in [0.15, 0.2) is 35.9 Å². The third-order valence-corrected chi connectivity index (χ3v) is 8.65. The first-order valence-electron chi connectivity index (χ1n) is 10.9. The topological polar surface area (TPSA) is 0 Å². The van der Waals surface area contributed by atoms with E-state index < -0.39 is 0 Å². The van der Waals surface area contributed by atoms with Gasteiger partial charge in [0.1, 0.15) is 0 Å². The maximum absolute atomic E-state index is 2.71. The Morgan fingerprint density at radius 3 is 2.64 bits per heavy atom. The van der Waals surface area contributed by atoms with Crippen molar-refractivity contribution in [2.75, 3.05) is 0 Å². The number of hydrogen-bond donors (Lipinski definition) is 0. The maximum Gasteiger partial charge on any atom is -0.0120 e. The molecule has 25 heavy (non-hydrogen) atoms. The minimum Gasteiger partial charge on any atom is -0.0847 e. The van der Waals surface area contributed by atoms with Gasteiger partial charge in [0.25, 0.3) is 0 Å². The SMILES string of the molecule is Cc1ccc([C@H]2C[C@]3(C)CCC[C@H]3[C@@H]3CC=C4CCCC[C@@H]4[C@H]32)cc1. The zero-order valence-electron chi connectivity index (χ0n) is 16.1. The van der Waals surface area contributed by atoms with Crippen LogP contribution >= 0.6 is 0 Å². The molecule has 5 rings (SSSR count). The van der Waals surface area contributed by atoms with E-state index >= 15 is 0 Å². The lowest BCUT2D eigenvalue weighted by molar-refractivity contribution is -0.00831. The van der Waals surface area contributed by atoms with Crippen molar-refractivity contribution < 1.29 is 0 Å². The highest BCUT2D eigenvalue weighted by molar-refractivity contribution is 5.30. The monoisotopic (exact) mass is 334 g/mol. The summed E-state index contributed by atoms with van der Waals surface area (Å²) in [5, 5.41) is 0. The molecule has 0 N–H and O–H groups in total. The number of fused-ring (bicyclic) bond motifs is 5. The van der Waals surface area contributed by atoms with Gasteiger partial charge in [-0.05, 0) is 92.4 Å². The highest BCUT2D eigenvalue weighted by atomic mass is 14.6. The fourth-order valence-corrected chi connectivity index (χ4v) is 7.55. The molecule has 0 heterocycles. The van der Waals surface area contributed by atoms with Crippen LogP contribution in [0.5, 0.6) is 0 Å². The molecule has 0 saturated heterocycles. The molecule has 0 aliphatic heterocycles. The van der Waals surface area contributed by atoms with Gasteiger partial charge in [-0.15, -0.1) is 0 Å². The van der Waals surface area contributed by atoms with E-state index in [1.807, 2.05) is 5.57 Å². The summed E-state index contributed by atoms with van der Waals surface area (Å²) < 4.78 is 0. The van der Waals surface area contributed by atoms with Gasteiger partial charge in [-0.1, -0.05) is 61.2 Å². The first kappa shape index (κ1) is 16.2. The lowest BCUT2D eigenvalue weighted by Crippen LogP contribution is -2.47. The Kier molecular flexibility index (Phi) is 3.88. The van der Waals surface area contributed by atoms with Crippen molar-refractivity contribution in [3.8, 4) is 0 Å². The Morgan fingerprint density at radius 2 is 1.80 bits per heavy atom. The molecule has 3 fully saturated rings. The number of aryl methyl sites for hydroxylation is 1. The summed E-state index contributed by atoms with van der Waals surface area (Å²) in [6, 6.07) is 9.65. The Morgan fingerprint density at radius 1 is 0.960 bits per heavy atom. The summed E-state index contributed by atoms with van der Waals surface area (Å²) in [6.07, 6.45) is 15.8. The Balaban J connectivity index is 1.58. The molecule has 0 amide bonds. The van der Waals surface area contributed by atoms with Crippen molar-refractivity contribution in [2.45, 2.75) is 77.6 Å². The van der Waals surface area contributed by atoms with E-state index in [0.29, 0.717) is 5.41 Å². The van der Waals surface area contributed by atoms with E-state index in [4.69, 9.17) is 0 Å². The van der Waals surface area contributed by atoms with Gasteiger partial charge >= 0.3 is 0 Å². The molecule has 3 saturated carbocycles. The van der Waals surface area contributed by atoms with Gasteiger partial charge in [-0.2, -0.15) is 0 Å². The van der Waals surface area contributed by atoms with Crippen molar-refractivity contribution in [3.05, 3.63) is 47.0 Å². The van der Waals surface area contributed by atoms with E-state index in [0.717, 1.165) is 29.6 Å². The van der Waals surface area contributed by atoms with E-state index in [1.54, 1.807) is 5.56 Å². The number of allylic oxidation sites excluding steroid dienone is 2. The van der Waals surface area contributed by atoms with E-state index in [-0.39, 0.29) is 0 Å². The van der Waals surface area contributed by atoms with Crippen LogP contribution in [0.2, 0.25) is 0 Å². The van der Waals surface area contributed by atoms with Gasteiger partial charge in [-0.25, -0.2) is 0 Å². The van der Waals surface area contributed by atoms with Gasteiger partial charge in [0.15, 0.2) is 0 Å². The summed E-state index contributed by atoms with van der Waals surface area (Å²) >= 11 is 0. The normalized spacial score (nSPS) is 43.0. The Bertz CT molecular complexity index is 666. The smallest absolute Gasteiger partial charge is 0.0120 e. The van der Waals surface area contributed by atoms with Gasteiger partial charge in [0.2, 0.25) is 0 Å². The van der Waals surface area contributed by atoms with Gasteiger partial charge < -0.3 is 0 Å². The van der Waals surface area contributed by atoms with E-state index in [1.165, 1.54) is 63.4 Å². The molecule has 0 radical (unpaired) electrons. The molecule has 4 aliphatic rings. The predicted molar refractivity (Wildman–Crippen MR) is 106 cm³/mol. The van der Waals surface area contributed by atoms with Crippen molar-refractivity contribution in [3.63, 3.8) is 0 Å². The van der Waals surface area contributed by atoms with Crippen molar-refractivity contribution >= 4 is 0 Å². The molecule has 0 bridgehead atoms. The van der Waals surface area contributed by atoms with Crippen LogP contribution in [0.25, 0.3) is 0 Å². The second-order valence-electron chi connectivity index (χ2n) is 9.98. The van der Waals surface area contributed by atoms with Gasteiger partial charge in [-0.3, -0.25) is 0 Å². The molecule has 6 atom stereocenters. The molecule has 1 aromatic carbocycles. The Hall–Kier alpha value is -1.04. The minimum absolute atomic E-state index is 0.608. The zero-order chi connectivity index (χ0) is 17.0. The fourth-order valence-electron chi connectivity index (χ4n) is 7.55.